The molecule has 1 amide bonds. The highest BCUT2D eigenvalue weighted by molar-refractivity contribution is 5.77. The van der Waals surface area contributed by atoms with Crippen molar-refractivity contribution in [3.63, 3.8) is 0 Å². The molecular weight excluding hydrogens is 275 g/mol. The molecule has 0 unspecified atom stereocenters. The average Bonchev–Trinajstić information content (AvgIpc) is 2.95. The molecule has 1 N–H and O–H groups in total. The first-order valence-electron chi connectivity index (χ1n) is 6.36. The lowest BCUT2D eigenvalue weighted by Crippen LogP contribution is -2.27. The van der Waals surface area contributed by atoms with Crippen LogP contribution in [0.1, 0.15) is 5.69 Å². The van der Waals surface area contributed by atoms with Crippen LogP contribution in [0, 0.1) is 5.82 Å². The SMILES string of the molecule is C=CCNC(=O)COCc1cc(-c2ccc(F)cc2)on1. The van der Waals surface area contributed by atoms with E-state index in [2.05, 4.69) is 17.1 Å². The van der Waals surface area contributed by atoms with E-state index in [1.807, 2.05) is 0 Å². The molecule has 0 fully saturated rings. The molecule has 2 aromatic rings. The van der Waals surface area contributed by atoms with E-state index in [0.29, 0.717) is 18.0 Å². The third kappa shape index (κ3) is 4.54. The number of rotatable bonds is 7. The molecule has 0 radical (unpaired) electrons. The number of nitrogens with one attached hydrogen (secondary N) is 1. The Hall–Kier alpha value is -2.47. The second kappa shape index (κ2) is 7.35. The minimum atomic E-state index is -0.313. The second-order valence-electron chi connectivity index (χ2n) is 4.27. The number of benzene rings is 1. The van der Waals surface area contributed by atoms with Crippen LogP contribution in [0.3, 0.4) is 0 Å². The summed E-state index contributed by atoms with van der Waals surface area (Å²) >= 11 is 0. The molecule has 0 aliphatic carbocycles. The molecule has 2 rings (SSSR count). The molecule has 1 heterocycles. The number of amides is 1. The van der Waals surface area contributed by atoms with Crippen molar-refractivity contribution in [1.29, 1.82) is 0 Å². The molecule has 0 aliphatic heterocycles. The first-order chi connectivity index (χ1) is 10.2. The van der Waals surface area contributed by atoms with Crippen molar-refractivity contribution in [1.82, 2.24) is 10.5 Å². The summed E-state index contributed by atoms with van der Waals surface area (Å²) in [6, 6.07) is 7.58. The molecule has 0 aliphatic rings. The molecule has 6 heteroatoms. The van der Waals surface area contributed by atoms with Gasteiger partial charge in [0.05, 0.1) is 6.61 Å². The Balaban J connectivity index is 1.84. The summed E-state index contributed by atoms with van der Waals surface area (Å²) in [6.07, 6.45) is 1.59. The topological polar surface area (TPSA) is 64.4 Å². The van der Waals surface area contributed by atoms with Crippen LogP contribution < -0.4 is 5.32 Å². The van der Waals surface area contributed by atoms with E-state index in [0.717, 1.165) is 5.56 Å². The second-order valence-corrected chi connectivity index (χ2v) is 4.27. The largest absolute Gasteiger partial charge is 0.365 e. The van der Waals surface area contributed by atoms with E-state index in [9.17, 15) is 9.18 Å². The number of nitrogens with zero attached hydrogens (tertiary/aromatic N) is 1. The van der Waals surface area contributed by atoms with E-state index in [-0.39, 0.29) is 24.9 Å². The van der Waals surface area contributed by atoms with Gasteiger partial charge in [-0.15, -0.1) is 6.58 Å². The summed E-state index contributed by atoms with van der Waals surface area (Å²) in [5.41, 5.74) is 1.28. The van der Waals surface area contributed by atoms with Crippen LogP contribution >= 0.6 is 0 Å². The predicted octanol–water partition coefficient (Wildman–Crippen LogP) is 2.30. The maximum atomic E-state index is 12.8. The molecule has 0 spiro atoms. The smallest absolute Gasteiger partial charge is 0.246 e. The highest BCUT2D eigenvalue weighted by Crippen LogP contribution is 2.20. The van der Waals surface area contributed by atoms with Gasteiger partial charge >= 0.3 is 0 Å². The molecule has 5 nitrogen and oxygen atoms in total. The third-order valence-corrected chi connectivity index (χ3v) is 2.61. The highest BCUT2D eigenvalue weighted by atomic mass is 19.1. The summed E-state index contributed by atoms with van der Waals surface area (Å²) in [7, 11) is 0. The first kappa shape index (κ1) is 14.9. The van der Waals surface area contributed by atoms with Gasteiger partial charge < -0.3 is 14.6 Å². The van der Waals surface area contributed by atoms with Crippen molar-refractivity contribution >= 4 is 5.91 Å². The lowest BCUT2D eigenvalue weighted by molar-refractivity contribution is -0.125. The average molecular weight is 290 g/mol. The molecule has 1 aromatic carbocycles. The van der Waals surface area contributed by atoms with Crippen molar-refractivity contribution < 1.29 is 18.4 Å². The number of ether oxygens (including phenoxy) is 1. The van der Waals surface area contributed by atoms with Crippen LogP contribution in [0.4, 0.5) is 4.39 Å². The Morgan fingerprint density at radius 1 is 1.43 bits per heavy atom. The van der Waals surface area contributed by atoms with Crippen LogP contribution in [0.5, 0.6) is 0 Å². The van der Waals surface area contributed by atoms with E-state index < -0.39 is 0 Å². The molecule has 0 saturated heterocycles. The van der Waals surface area contributed by atoms with Gasteiger partial charge in [-0.2, -0.15) is 0 Å². The standard InChI is InChI=1S/C15H15FN2O3/c1-2-7-17-15(19)10-20-9-13-8-14(21-18-13)11-3-5-12(16)6-4-11/h2-6,8H,1,7,9-10H2,(H,17,19). The van der Waals surface area contributed by atoms with Crippen LogP contribution in [0.25, 0.3) is 11.3 Å². The first-order valence-corrected chi connectivity index (χ1v) is 6.36. The number of carbonyl (C=O) groups is 1. The third-order valence-electron chi connectivity index (χ3n) is 2.61. The fourth-order valence-corrected chi connectivity index (χ4v) is 1.62. The maximum Gasteiger partial charge on any atom is 0.246 e. The van der Waals surface area contributed by atoms with E-state index in [1.165, 1.54) is 12.1 Å². The zero-order valence-electron chi connectivity index (χ0n) is 11.3. The minimum Gasteiger partial charge on any atom is -0.365 e. The Morgan fingerprint density at radius 3 is 2.90 bits per heavy atom. The van der Waals surface area contributed by atoms with Gasteiger partial charge in [-0.05, 0) is 24.3 Å². The number of carbonyl (C=O) groups excluding carboxylic acids is 1. The molecular formula is C15H15FN2O3. The minimum absolute atomic E-state index is 0.0629. The fraction of sp³-hybridized carbons (Fsp3) is 0.200. The van der Waals surface area contributed by atoms with E-state index in [1.54, 1.807) is 24.3 Å². The normalized spacial score (nSPS) is 10.3. The molecule has 0 atom stereocenters. The van der Waals surface area contributed by atoms with Gasteiger partial charge in [-0.1, -0.05) is 11.2 Å². The van der Waals surface area contributed by atoms with Gasteiger partial charge in [0.25, 0.3) is 0 Å². The summed E-state index contributed by atoms with van der Waals surface area (Å²) in [4.78, 5) is 11.3. The number of aromatic nitrogens is 1. The highest BCUT2D eigenvalue weighted by Gasteiger charge is 2.08. The van der Waals surface area contributed by atoms with Gasteiger partial charge in [0.15, 0.2) is 5.76 Å². The van der Waals surface area contributed by atoms with Crippen molar-refractivity contribution in [2.24, 2.45) is 0 Å². The summed E-state index contributed by atoms with van der Waals surface area (Å²) < 4.78 is 23.2. The molecule has 110 valence electrons. The van der Waals surface area contributed by atoms with E-state index >= 15 is 0 Å². The van der Waals surface area contributed by atoms with Crippen molar-refractivity contribution in [2.75, 3.05) is 13.2 Å². The summed E-state index contributed by atoms with van der Waals surface area (Å²) in [6.45, 7) is 4.00. The number of hydrogen-bond acceptors (Lipinski definition) is 4. The molecule has 21 heavy (non-hydrogen) atoms. The fourth-order valence-electron chi connectivity index (χ4n) is 1.62. The van der Waals surface area contributed by atoms with Crippen molar-refractivity contribution in [2.45, 2.75) is 6.61 Å². The summed E-state index contributed by atoms with van der Waals surface area (Å²) in [5.74, 6) is -0.0192. The van der Waals surface area contributed by atoms with Crippen LogP contribution in [0.15, 0.2) is 47.5 Å². The zero-order valence-corrected chi connectivity index (χ0v) is 11.3. The Kier molecular flexibility index (Phi) is 5.22. The van der Waals surface area contributed by atoms with Gasteiger partial charge in [-0.25, -0.2) is 4.39 Å². The predicted molar refractivity (Wildman–Crippen MR) is 74.8 cm³/mol. The maximum absolute atomic E-state index is 12.8. The quantitative estimate of drug-likeness (QED) is 0.795. The van der Waals surface area contributed by atoms with Gasteiger partial charge in [-0.3, -0.25) is 4.79 Å². The van der Waals surface area contributed by atoms with Crippen LogP contribution in [0.2, 0.25) is 0 Å². The van der Waals surface area contributed by atoms with E-state index in [4.69, 9.17) is 9.26 Å². The van der Waals surface area contributed by atoms with Crippen molar-refractivity contribution in [3.8, 4) is 11.3 Å². The zero-order chi connectivity index (χ0) is 15.1. The van der Waals surface area contributed by atoms with Crippen LogP contribution in [-0.2, 0) is 16.1 Å². The molecule has 0 bridgehead atoms. The Bertz CT molecular complexity index is 608. The number of hydrogen-bond donors (Lipinski definition) is 1. The van der Waals surface area contributed by atoms with Gasteiger partial charge in [0, 0.05) is 18.2 Å². The summed E-state index contributed by atoms with van der Waals surface area (Å²) in [5, 5.41) is 6.43. The number of halogens is 1. The van der Waals surface area contributed by atoms with Crippen molar-refractivity contribution in [3.05, 3.63) is 54.5 Å². The lowest BCUT2D eigenvalue weighted by atomic mass is 10.1. The van der Waals surface area contributed by atoms with Crippen LogP contribution in [-0.4, -0.2) is 24.2 Å². The molecule has 1 aromatic heterocycles. The monoisotopic (exact) mass is 290 g/mol. The Morgan fingerprint density at radius 2 is 2.19 bits per heavy atom. The van der Waals surface area contributed by atoms with Gasteiger partial charge in [0.2, 0.25) is 5.91 Å². The molecule has 0 saturated carbocycles. The lowest BCUT2D eigenvalue weighted by Gasteiger charge is -2.02. The Labute approximate surface area is 121 Å². The van der Waals surface area contributed by atoms with Gasteiger partial charge in [0.1, 0.15) is 18.1 Å².